The van der Waals surface area contributed by atoms with Crippen LogP contribution in [0.3, 0.4) is 0 Å². The minimum atomic E-state index is -4.62. The lowest BCUT2D eigenvalue weighted by Gasteiger charge is -2.19. The fourth-order valence-corrected chi connectivity index (χ4v) is 3.14. The third kappa shape index (κ3) is 3.97. The Bertz CT molecular complexity index is 893. The molecule has 0 spiro atoms. The number of hydrogen-bond donors (Lipinski definition) is 1. The quantitative estimate of drug-likeness (QED) is 0.884. The van der Waals surface area contributed by atoms with Crippen LogP contribution >= 0.6 is 0 Å². The summed E-state index contributed by atoms with van der Waals surface area (Å²) in [7, 11) is 0. The van der Waals surface area contributed by atoms with Gasteiger partial charge in [0.25, 0.3) is 5.91 Å². The zero-order valence-corrected chi connectivity index (χ0v) is 14.9. The molecule has 3 rings (SSSR count). The van der Waals surface area contributed by atoms with Crippen molar-refractivity contribution >= 4 is 17.5 Å². The van der Waals surface area contributed by atoms with Gasteiger partial charge in [-0.05, 0) is 49.2 Å². The maximum Gasteiger partial charge on any atom is 0.417 e. The minimum Gasteiger partial charge on any atom is -0.347 e. The van der Waals surface area contributed by atoms with E-state index >= 15 is 0 Å². The Balaban J connectivity index is 1.75. The lowest BCUT2D eigenvalue weighted by atomic mass is 10.1. The zero-order chi connectivity index (χ0) is 19.8. The second kappa shape index (κ2) is 7.06. The van der Waals surface area contributed by atoms with Crippen molar-refractivity contribution in [3.63, 3.8) is 0 Å². The number of rotatable bonds is 3. The van der Waals surface area contributed by atoms with Crippen molar-refractivity contribution in [2.75, 3.05) is 11.4 Å². The summed E-state index contributed by atoms with van der Waals surface area (Å²) in [5.74, 6) is -1.00. The predicted octanol–water partition coefficient (Wildman–Crippen LogP) is 3.86. The molecule has 1 N–H and O–H groups in total. The van der Waals surface area contributed by atoms with Crippen LogP contribution in [-0.2, 0) is 11.0 Å². The maximum atomic E-state index is 13.1. The number of hydrogen-bond acceptors (Lipinski definition) is 2. The van der Waals surface area contributed by atoms with Crippen molar-refractivity contribution in [2.24, 2.45) is 0 Å². The van der Waals surface area contributed by atoms with Crippen molar-refractivity contribution in [3.05, 3.63) is 64.7 Å². The summed E-state index contributed by atoms with van der Waals surface area (Å²) >= 11 is 0. The molecule has 0 bridgehead atoms. The Morgan fingerprint density at radius 1 is 1.11 bits per heavy atom. The molecule has 0 unspecified atom stereocenters. The van der Waals surface area contributed by atoms with Gasteiger partial charge in [0.15, 0.2) is 0 Å². The monoisotopic (exact) mass is 376 g/mol. The summed E-state index contributed by atoms with van der Waals surface area (Å²) in [6.07, 6.45) is -4.57. The summed E-state index contributed by atoms with van der Waals surface area (Å²) < 4.78 is 39.3. The van der Waals surface area contributed by atoms with E-state index in [2.05, 4.69) is 5.32 Å². The smallest absolute Gasteiger partial charge is 0.347 e. The van der Waals surface area contributed by atoms with E-state index in [9.17, 15) is 22.8 Å². The van der Waals surface area contributed by atoms with E-state index in [1.807, 2.05) is 32.0 Å². The molecule has 27 heavy (non-hydrogen) atoms. The van der Waals surface area contributed by atoms with E-state index in [1.165, 1.54) is 12.1 Å². The first-order chi connectivity index (χ1) is 12.7. The molecule has 7 heteroatoms. The van der Waals surface area contributed by atoms with Crippen LogP contribution in [0.25, 0.3) is 0 Å². The molecule has 1 aliphatic rings. The first kappa shape index (κ1) is 18.9. The number of aryl methyl sites for hydroxylation is 2. The molecular formula is C20H19F3N2O2. The topological polar surface area (TPSA) is 49.4 Å². The molecule has 4 nitrogen and oxygen atoms in total. The van der Waals surface area contributed by atoms with Crippen molar-refractivity contribution in [3.8, 4) is 0 Å². The highest BCUT2D eigenvalue weighted by atomic mass is 19.4. The van der Waals surface area contributed by atoms with Crippen molar-refractivity contribution < 1.29 is 22.8 Å². The summed E-state index contributed by atoms with van der Waals surface area (Å²) in [4.78, 5) is 26.2. The number of carbonyl (C=O) groups is 2. The van der Waals surface area contributed by atoms with Crippen LogP contribution in [-0.4, -0.2) is 24.4 Å². The van der Waals surface area contributed by atoms with Gasteiger partial charge in [-0.1, -0.05) is 18.2 Å². The van der Waals surface area contributed by atoms with Crippen molar-refractivity contribution in [1.29, 1.82) is 0 Å². The molecule has 2 aromatic carbocycles. The van der Waals surface area contributed by atoms with Gasteiger partial charge in [-0.3, -0.25) is 9.59 Å². The van der Waals surface area contributed by atoms with Gasteiger partial charge in [-0.25, -0.2) is 0 Å². The molecule has 0 radical (unpaired) electrons. The highest BCUT2D eigenvalue weighted by Gasteiger charge is 2.36. The molecule has 0 aromatic heterocycles. The molecule has 1 atom stereocenters. The number of nitrogens with zero attached hydrogens (tertiary/aromatic N) is 1. The lowest BCUT2D eigenvalue weighted by Crippen LogP contribution is -2.38. The molecule has 142 valence electrons. The van der Waals surface area contributed by atoms with Gasteiger partial charge in [0.05, 0.1) is 17.2 Å². The fraction of sp³-hybridized carbons (Fsp3) is 0.300. The van der Waals surface area contributed by atoms with Gasteiger partial charge in [-0.15, -0.1) is 0 Å². The lowest BCUT2D eigenvalue weighted by molar-refractivity contribution is -0.138. The van der Waals surface area contributed by atoms with Gasteiger partial charge < -0.3 is 10.2 Å². The molecule has 1 aliphatic heterocycles. The van der Waals surface area contributed by atoms with E-state index in [4.69, 9.17) is 0 Å². The summed E-state index contributed by atoms with van der Waals surface area (Å²) in [5, 5.41) is 2.56. The molecule has 2 aromatic rings. The zero-order valence-electron chi connectivity index (χ0n) is 14.9. The number of nitrogens with one attached hydrogen (secondary N) is 1. The number of halogens is 3. The van der Waals surface area contributed by atoms with E-state index in [1.54, 1.807) is 4.90 Å². The Kier molecular flexibility index (Phi) is 4.95. The van der Waals surface area contributed by atoms with Crippen LogP contribution in [0.1, 0.15) is 33.5 Å². The van der Waals surface area contributed by atoms with Crippen LogP contribution in [0.15, 0.2) is 42.5 Å². The highest BCUT2D eigenvalue weighted by Crippen LogP contribution is 2.32. The molecule has 2 amide bonds. The third-order valence-electron chi connectivity index (χ3n) is 4.74. The van der Waals surface area contributed by atoms with Crippen LogP contribution < -0.4 is 10.2 Å². The highest BCUT2D eigenvalue weighted by molar-refractivity contribution is 5.99. The Morgan fingerprint density at radius 2 is 1.81 bits per heavy atom. The SMILES string of the molecule is Cc1ccc(N2C[C@H](NC(=O)c3ccccc3C(F)(F)F)CC2=O)cc1C. The molecule has 0 saturated carbocycles. The van der Waals surface area contributed by atoms with E-state index in [0.717, 1.165) is 28.9 Å². The van der Waals surface area contributed by atoms with Crippen LogP contribution in [0.5, 0.6) is 0 Å². The normalized spacial score (nSPS) is 17.3. The fourth-order valence-electron chi connectivity index (χ4n) is 3.14. The average Bonchev–Trinajstić information content (AvgIpc) is 2.97. The van der Waals surface area contributed by atoms with Gasteiger partial charge in [0, 0.05) is 18.7 Å². The first-order valence-corrected chi connectivity index (χ1v) is 8.51. The number of carbonyl (C=O) groups excluding carboxylic acids is 2. The van der Waals surface area contributed by atoms with E-state index in [-0.39, 0.29) is 18.9 Å². The summed E-state index contributed by atoms with van der Waals surface area (Å²) in [6, 6.07) is 9.69. The maximum absolute atomic E-state index is 13.1. The van der Waals surface area contributed by atoms with Crippen LogP contribution in [0, 0.1) is 13.8 Å². The molecule has 1 saturated heterocycles. The predicted molar refractivity (Wildman–Crippen MR) is 95.6 cm³/mol. The summed E-state index contributed by atoms with van der Waals surface area (Å²) in [5.41, 5.74) is 1.42. The Hall–Kier alpha value is -2.83. The number of amides is 2. The number of anilines is 1. The van der Waals surface area contributed by atoms with E-state index in [0.29, 0.717) is 0 Å². The van der Waals surface area contributed by atoms with Crippen LogP contribution in [0.2, 0.25) is 0 Å². The second-order valence-corrected chi connectivity index (χ2v) is 6.69. The van der Waals surface area contributed by atoms with Gasteiger partial charge in [-0.2, -0.15) is 13.2 Å². The average molecular weight is 376 g/mol. The first-order valence-electron chi connectivity index (χ1n) is 8.51. The van der Waals surface area contributed by atoms with Crippen molar-refractivity contribution in [1.82, 2.24) is 5.32 Å². The Labute approximate surface area is 155 Å². The van der Waals surface area contributed by atoms with Crippen molar-refractivity contribution in [2.45, 2.75) is 32.5 Å². The largest absolute Gasteiger partial charge is 0.417 e. The Morgan fingerprint density at radius 3 is 2.48 bits per heavy atom. The van der Waals surface area contributed by atoms with Crippen LogP contribution in [0.4, 0.5) is 18.9 Å². The summed E-state index contributed by atoms with van der Waals surface area (Å²) in [6.45, 7) is 4.13. The van der Waals surface area contributed by atoms with Gasteiger partial charge in [0.1, 0.15) is 0 Å². The molecule has 1 heterocycles. The van der Waals surface area contributed by atoms with Gasteiger partial charge >= 0.3 is 6.18 Å². The molecule has 0 aliphatic carbocycles. The number of benzene rings is 2. The second-order valence-electron chi connectivity index (χ2n) is 6.69. The van der Waals surface area contributed by atoms with Gasteiger partial charge in [0.2, 0.25) is 5.91 Å². The molecular weight excluding hydrogens is 357 g/mol. The number of alkyl halides is 3. The minimum absolute atomic E-state index is 0.0485. The molecule has 1 fully saturated rings. The standard InChI is InChI=1S/C20H19F3N2O2/c1-12-7-8-15(9-13(12)2)25-11-14(10-18(25)26)24-19(27)16-5-3-4-6-17(16)20(21,22)23/h3-9,14H,10-11H2,1-2H3,(H,24,27)/t14-/m1/s1. The van der Waals surface area contributed by atoms with E-state index < -0.39 is 29.3 Å². The third-order valence-corrected chi connectivity index (χ3v) is 4.74.